The van der Waals surface area contributed by atoms with Crippen molar-refractivity contribution in [3.63, 3.8) is 0 Å². The zero-order valence-corrected chi connectivity index (χ0v) is 21.1. The van der Waals surface area contributed by atoms with Gasteiger partial charge in [0.1, 0.15) is 6.54 Å². The van der Waals surface area contributed by atoms with E-state index in [0.717, 1.165) is 59.0 Å². The molecule has 4 nitrogen and oxygen atoms in total. The van der Waals surface area contributed by atoms with Crippen molar-refractivity contribution >= 4 is 39.0 Å². The van der Waals surface area contributed by atoms with Crippen molar-refractivity contribution in [2.45, 2.75) is 31.8 Å². The molecule has 4 heterocycles. The summed E-state index contributed by atoms with van der Waals surface area (Å²) in [4.78, 5) is 14.2. The number of benzene rings is 2. The van der Waals surface area contributed by atoms with Gasteiger partial charge in [-0.05, 0) is 39.2 Å². The van der Waals surface area contributed by atoms with E-state index in [4.69, 9.17) is 4.74 Å². The van der Waals surface area contributed by atoms with Gasteiger partial charge in [0.05, 0.1) is 19.6 Å². The van der Waals surface area contributed by atoms with Crippen molar-refractivity contribution in [2.75, 3.05) is 31.5 Å². The third kappa shape index (κ3) is 5.51. The third-order valence-electron chi connectivity index (χ3n) is 7.26. The fourth-order valence-electron chi connectivity index (χ4n) is 5.39. The number of carbonyl (C=O) groups is 1. The summed E-state index contributed by atoms with van der Waals surface area (Å²) in [6.07, 6.45) is 3.85. The van der Waals surface area contributed by atoms with Crippen LogP contribution in [0.3, 0.4) is 0 Å². The highest BCUT2D eigenvalue weighted by Gasteiger charge is 2.47. The van der Waals surface area contributed by atoms with Crippen LogP contribution in [0, 0.1) is 5.92 Å². The SMILES string of the molecule is O=C(Nc1ccccc1Cc1cc(Br)cs1)OC1C[N+]2(CCc3ccccc3)CCC1CC2. The third-order valence-corrected chi connectivity index (χ3v) is 8.96. The molecule has 1 amide bonds. The standard InChI is InChI=1S/C27H29BrN2O2S/c28-23-17-24(33-19-23)16-22-8-4-5-9-25(22)29-27(31)32-26-18-30(14-11-21(26)12-15-30)13-10-20-6-2-1-3-7-20/h1-9,17,19,21,26H,10-16,18H2/p+1. The monoisotopic (exact) mass is 525 g/mol. The quantitative estimate of drug-likeness (QED) is 0.357. The predicted molar refractivity (Wildman–Crippen MR) is 138 cm³/mol. The molecule has 172 valence electrons. The normalized spacial score (nSPS) is 23.9. The van der Waals surface area contributed by atoms with Crippen LogP contribution in [-0.2, 0) is 17.6 Å². The lowest BCUT2D eigenvalue weighted by Gasteiger charge is -2.52. The van der Waals surface area contributed by atoms with E-state index in [1.807, 2.05) is 18.2 Å². The number of rotatable bonds is 7. The molecule has 3 aromatic rings. The molecule has 0 aliphatic carbocycles. The van der Waals surface area contributed by atoms with Gasteiger partial charge >= 0.3 is 6.09 Å². The van der Waals surface area contributed by atoms with Gasteiger partial charge in [-0.15, -0.1) is 11.3 Å². The highest BCUT2D eigenvalue weighted by molar-refractivity contribution is 9.10. The average Bonchev–Trinajstić information content (AvgIpc) is 3.25. The van der Waals surface area contributed by atoms with E-state index >= 15 is 0 Å². The summed E-state index contributed by atoms with van der Waals surface area (Å²) in [6, 6.07) is 20.9. The highest BCUT2D eigenvalue weighted by atomic mass is 79.9. The summed E-state index contributed by atoms with van der Waals surface area (Å²) in [5.41, 5.74) is 3.33. The Morgan fingerprint density at radius 1 is 1.09 bits per heavy atom. The molecular weight excluding hydrogens is 496 g/mol. The lowest BCUT2D eigenvalue weighted by molar-refractivity contribution is -0.945. The molecule has 0 saturated carbocycles. The number of thiophene rings is 1. The van der Waals surface area contributed by atoms with Crippen LogP contribution in [0.1, 0.15) is 28.8 Å². The summed E-state index contributed by atoms with van der Waals surface area (Å²) >= 11 is 5.24. The average molecular weight is 527 g/mol. The number of halogens is 1. The molecule has 2 bridgehead atoms. The van der Waals surface area contributed by atoms with Crippen LogP contribution in [-0.4, -0.2) is 42.9 Å². The van der Waals surface area contributed by atoms with E-state index in [2.05, 4.69) is 69.1 Å². The molecule has 1 unspecified atom stereocenters. The van der Waals surface area contributed by atoms with E-state index in [-0.39, 0.29) is 12.2 Å². The Hall–Kier alpha value is -2.15. The van der Waals surface area contributed by atoms with Gasteiger partial charge in [0, 0.05) is 52.0 Å². The van der Waals surface area contributed by atoms with Crippen molar-refractivity contribution in [2.24, 2.45) is 5.92 Å². The van der Waals surface area contributed by atoms with Crippen molar-refractivity contribution in [1.29, 1.82) is 0 Å². The number of hydrogen-bond acceptors (Lipinski definition) is 3. The van der Waals surface area contributed by atoms with Gasteiger partial charge in [0.25, 0.3) is 0 Å². The first kappa shape index (κ1) is 22.6. The maximum absolute atomic E-state index is 12.9. The largest absolute Gasteiger partial charge is 0.440 e. The van der Waals surface area contributed by atoms with Crippen LogP contribution >= 0.6 is 27.3 Å². The van der Waals surface area contributed by atoms with Crippen LogP contribution < -0.4 is 5.32 Å². The molecule has 1 atom stereocenters. The predicted octanol–water partition coefficient (Wildman–Crippen LogP) is 6.50. The molecule has 3 aliphatic rings. The fraction of sp³-hybridized carbons (Fsp3) is 0.370. The Balaban J connectivity index is 1.21. The topological polar surface area (TPSA) is 38.3 Å². The van der Waals surface area contributed by atoms with Crippen LogP contribution in [0.25, 0.3) is 0 Å². The Morgan fingerprint density at radius 3 is 2.61 bits per heavy atom. The maximum atomic E-state index is 12.9. The maximum Gasteiger partial charge on any atom is 0.412 e. The van der Waals surface area contributed by atoms with Gasteiger partial charge < -0.3 is 9.22 Å². The van der Waals surface area contributed by atoms with Gasteiger partial charge in [-0.1, -0.05) is 48.5 Å². The first-order chi connectivity index (χ1) is 16.1. The molecule has 6 heteroatoms. The molecule has 1 aromatic heterocycles. The number of piperidine rings is 3. The number of anilines is 1. The Bertz CT molecular complexity index is 1090. The Kier molecular flexibility index (Phi) is 6.86. The van der Waals surface area contributed by atoms with Crippen LogP contribution in [0.2, 0.25) is 0 Å². The summed E-state index contributed by atoms with van der Waals surface area (Å²) < 4.78 is 8.22. The number of fused-ring (bicyclic) bond motifs is 3. The molecule has 3 fully saturated rings. The molecule has 2 aromatic carbocycles. The number of nitrogens with one attached hydrogen (secondary N) is 1. The van der Waals surface area contributed by atoms with E-state index in [0.29, 0.717) is 5.92 Å². The van der Waals surface area contributed by atoms with Gasteiger partial charge in [0.15, 0.2) is 6.10 Å². The lowest BCUT2D eigenvalue weighted by atomic mass is 9.83. The summed E-state index contributed by atoms with van der Waals surface area (Å²) in [7, 11) is 0. The molecule has 33 heavy (non-hydrogen) atoms. The molecule has 1 N–H and O–H groups in total. The lowest BCUT2D eigenvalue weighted by Crippen LogP contribution is -2.65. The van der Waals surface area contributed by atoms with E-state index < -0.39 is 0 Å². The minimum Gasteiger partial charge on any atom is -0.440 e. The molecule has 6 rings (SSSR count). The summed E-state index contributed by atoms with van der Waals surface area (Å²) in [6.45, 7) is 4.48. The minimum absolute atomic E-state index is 0.00341. The summed E-state index contributed by atoms with van der Waals surface area (Å²) in [5.74, 6) is 0.492. The van der Waals surface area contributed by atoms with Crippen molar-refractivity contribution < 1.29 is 14.0 Å². The number of quaternary nitrogens is 1. The second-order valence-corrected chi connectivity index (χ2v) is 11.3. The van der Waals surface area contributed by atoms with Crippen LogP contribution in [0.4, 0.5) is 10.5 Å². The Labute approximate surface area is 208 Å². The number of nitrogens with zero attached hydrogens (tertiary/aromatic N) is 1. The van der Waals surface area contributed by atoms with Crippen LogP contribution in [0.5, 0.6) is 0 Å². The number of hydrogen-bond donors (Lipinski definition) is 1. The van der Waals surface area contributed by atoms with Crippen molar-refractivity contribution in [3.05, 3.63) is 86.5 Å². The number of para-hydroxylation sites is 1. The fourth-order valence-corrected chi connectivity index (χ4v) is 6.86. The zero-order valence-electron chi connectivity index (χ0n) is 18.7. The van der Waals surface area contributed by atoms with Crippen molar-refractivity contribution in [3.8, 4) is 0 Å². The Morgan fingerprint density at radius 2 is 1.85 bits per heavy atom. The summed E-state index contributed by atoms with van der Waals surface area (Å²) in [5, 5.41) is 5.13. The second-order valence-electron chi connectivity index (χ2n) is 9.40. The van der Waals surface area contributed by atoms with E-state index in [1.165, 1.54) is 23.5 Å². The smallest absolute Gasteiger partial charge is 0.412 e. The first-order valence-electron chi connectivity index (χ1n) is 11.8. The zero-order chi connectivity index (χ0) is 22.7. The van der Waals surface area contributed by atoms with Gasteiger partial charge in [-0.25, -0.2) is 4.79 Å². The molecule has 0 spiro atoms. The molecule has 3 aliphatic heterocycles. The van der Waals surface area contributed by atoms with Gasteiger partial charge in [0.2, 0.25) is 0 Å². The molecule has 0 radical (unpaired) electrons. The number of ether oxygens (including phenoxy) is 1. The van der Waals surface area contributed by atoms with E-state index in [1.54, 1.807) is 11.3 Å². The van der Waals surface area contributed by atoms with E-state index in [9.17, 15) is 4.79 Å². The van der Waals surface area contributed by atoms with Crippen LogP contribution in [0.15, 0.2) is 70.5 Å². The minimum atomic E-state index is -0.324. The van der Waals surface area contributed by atoms with Gasteiger partial charge in [-0.2, -0.15) is 0 Å². The van der Waals surface area contributed by atoms with Crippen molar-refractivity contribution in [1.82, 2.24) is 0 Å². The highest BCUT2D eigenvalue weighted by Crippen LogP contribution is 2.36. The second kappa shape index (κ2) is 10.00. The first-order valence-corrected chi connectivity index (χ1v) is 13.4. The molecular formula is C27H30BrN2O2S+. The number of amides is 1. The number of carbonyl (C=O) groups excluding carboxylic acids is 1. The molecule has 3 saturated heterocycles. The van der Waals surface area contributed by atoms with Gasteiger partial charge in [-0.3, -0.25) is 5.32 Å².